The van der Waals surface area contributed by atoms with Gasteiger partial charge in [0.05, 0.1) is 0 Å². The Morgan fingerprint density at radius 3 is 2.07 bits per heavy atom. The molecule has 0 aromatic rings. The van der Waals surface area contributed by atoms with Gasteiger partial charge >= 0.3 is 0 Å². The predicted octanol–water partition coefficient (Wildman–Crippen LogP) is -0.221. The summed E-state index contributed by atoms with van der Waals surface area (Å²) in [6.45, 7) is 0. The number of rotatable bonds is 0. The lowest BCUT2D eigenvalue weighted by Crippen LogP contribution is -2.62. The van der Waals surface area contributed by atoms with Crippen molar-refractivity contribution >= 4 is 17.8 Å². The van der Waals surface area contributed by atoms with Crippen LogP contribution in [0.25, 0.3) is 0 Å². The molecule has 2 amide bonds. The van der Waals surface area contributed by atoms with Gasteiger partial charge in [0.1, 0.15) is 5.41 Å². The molecule has 1 saturated carbocycles. The van der Waals surface area contributed by atoms with Crippen LogP contribution in [0.2, 0.25) is 0 Å². The third-order valence-corrected chi connectivity index (χ3v) is 3.01. The smallest absolute Gasteiger partial charge is 0.242 e. The van der Waals surface area contributed by atoms with Crippen LogP contribution in [-0.4, -0.2) is 24.8 Å². The first-order chi connectivity index (χ1) is 6.69. The minimum Gasteiger partial charge on any atom is -0.295 e. The van der Waals surface area contributed by atoms with E-state index in [9.17, 15) is 9.59 Å². The number of hydrogen-bond donors (Lipinski definition) is 2. The number of carbonyl (C=O) groups is 2. The normalized spacial score (nSPS) is 24.8. The van der Waals surface area contributed by atoms with E-state index in [1.165, 1.54) is 7.05 Å². The van der Waals surface area contributed by atoms with Gasteiger partial charge in [-0.2, -0.15) is 0 Å². The Hall–Kier alpha value is -1.39. The molecule has 1 heterocycles. The molecule has 0 bridgehead atoms. The Morgan fingerprint density at radius 1 is 1.14 bits per heavy atom. The largest absolute Gasteiger partial charge is 0.295 e. The van der Waals surface area contributed by atoms with Crippen molar-refractivity contribution < 1.29 is 9.59 Å². The molecule has 0 radical (unpaired) electrons. The molecule has 1 aliphatic carbocycles. The highest BCUT2D eigenvalue weighted by molar-refractivity contribution is 6.20. The minimum absolute atomic E-state index is 0.195. The zero-order valence-electron chi connectivity index (χ0n) is 8.09. The van der Waals surface area contributed by atoms with Gasteiger partial charge in [0, 0.05) is 7.05 Å². The van der Waals surface area contributed by atoms with Crippen molar-refractivity contribution in [1.29, 1.82) is 0 Å². The Kier molecular flexibility index (Phi) is 2.02. The molecular formula is C9H13N3O2. The summed E-state index contributed by atoms with van der Waals surface area (Å²) < 4.78 is 0. The molecule has 1 spiro atoms. The van der Waals surface area contributed by atoms with Gasteiger partial charge in [-0.25, -0.2) is 0 Å². The van der Waals surface area contributed by atoms with Crippen molar-refractivity contribution in [3.05, 3.63) is 0 Å². The summed E-state index contributed by atoms with van der Waals surface area (Å²) in [6, 6.07) is 0. The number of carbonyl (C=O) groups excluding carboxylic acids is 2. The molecular weight excluding hydrogens is 182 g/mol. The SMILES string of the molecule is CN=C1NC(=O)C2(CCCC2)C(=O)N1. The Balaban J connectivity index is 2.28. The number of guanidine groups is 1. The molecule has 2 fully saturated rings. The fraction of sp³-hybridized carbons (Fsp3) is 0.667. The zero-order valence-corrected chi connectivity index (χ0v) is 8.09. The molecule has 0 atom stereocenters. The highest BCUT2D eigenvalue weighted by Gasteiger charge is 2.50. The predicted molar refractivity (Wildman–Crippen MR) is 50.5 cm³/mol. The average Bonchev–Trinajstić information content (AvgIpc) is 2.64. The van der Waals surface area contributed by atoms with E-state index in [4.69, 9.17) is 0 Å². The zero-order chi connectivity index (χ0) is 10.2. The molecule has 2 aliphatic rings. The van der Waals surface area contributed by atoms with E-state index in [0.29, 0.717) is 12.8 Å². The van der Waals surface area contributed by atoms with E-state index in [1.54, 1.807) is 0 Å². The number of hydrogen-bond acceptors (Lipinski definition) is 3. The maximum atomic E-state index is 11.7. The molecule has 5 heteroatoms. The first-order valence-electron chi connectivity index (χ1n) is 4.79. The average molecular weight is 195 g/mol. The molecule has 2 N–H and O–H groups in total. The number of amides is 2. The topological polar surface area (TPSA) is 70.6 Å². The van der Waals surface area contributed by atoms with Crippen LogP contribution in [0, 0.1) is 5.41 Å². The van der Waals surface area contributed by atoms with Gasteiger partial charge in [0.2, 0.25) is 17.8 Å². The van der Waals surface area contributed by atoms with Crippen LogP contribution < -0.4 is 10.6 Å². The summed E-state index contributed by atoms with van der Waals surface area (Å²) in [6.07, 6.45) is 3.20. The summed E-state index contributed by atoms with van der Waals surface area (Å²) in [5, 5.41) is 5.22. The number of nitrogens with zero attached hydrogens (tertiary/aromatic N) is 1. The highest BCUT2D eigenvalue weighted by atomic mass is 16.2. The van der Waals surface area contributed by atoms with Gasteiger partial charge in [-0.05, 0) is 12.8 Å². The molecule has 0 aromatic heterocycles. The van der Waals surface area contributed by atoms with E-state index in [-0.39, 0.29) is 17.8 Å². The summed E-state index contributed by atoms with van der Waals surface area (Å²) in [5.74, 6) is -0.128. The lowest BCUT2D eigenvalue weighted by atomic mass is 9.83. The fourth-order valence-corrected chi connectivity index (χ4v) is 2.13. The number of aliphatic imine (C=N–C) groups is 1. The van der Waals surface area contributed by atoms with Crippen LogP contribution in [0.4, 0.5) is 0 Å². The molecule has 0 unspecified atom stereocenters. The van der Waals surface area contributed by atoms with Crippen LogP contribution in [0.1, 0.15) is 25.7 Å². The fourth-order valence-electron chi connectivity index (χ4n) is 2.13. The summed E-state index contributed by atoms with van der Waals surface area (Å²) in [7, 11) is 1.53. The molecule has 14 heavy (non-hydrogen) atoms. The third kappa shape index (κ3) is 1.12. The third-order valence-electron chi connectivity index (χ3n) is 3.01. The van der Waals surface area contributed by atoms with E-state index >= 15 is 0 Å². The van der Waals surface area contributed by atoms with Crippen LogP contribution in [0.5, 0.6) is 0 Å². The molecule has 1 aliphatic heterocycles. The van der Waals surface area contributed by atoms with Crippen LogP contribution in [0.3, 0.4) is 0 Å². The summed E-state index contributed by atoms with van der Waals surface area (Å²) in [4.78, 5) is 27.2. The molecule has 2 rings (SSSR count). The Morgan fingerprint density at radius 2 is 1.64 bits per heavy atom. The number of nitrogens with one attached hydrogen (secondary N) is 2. The van der Waals surface area contributed by atoms with Crippen molar-refractivity contribution in [1.82, 2.24) is 10.6 Å². The van der Waals surface area contributed by atoms with Crippen molar-refractivity contribution in [2.75, 3.05) is 7.05 Å². The van der Waals surface area contributed by atoms with E-state index in [1.807, 2.05) is 0 Å². The molecule has 0 aromatic carbocycles. The highest BCUT2D eigenvalue weighted by Crippen LogP contribution is 2.39. The molecule has 76 valence electrons. The minimum atomic E-state index is -0.811. The first-order valence-corrected chi connectivity index (χ1v) is 4.79. The Labute approximate surface area is 82.0 Å². The van der Waals surface area contributed by atoms with Crippen molar-refractivity contribution in [2.45, 2.75) is 25.7 Å². The van der Waals surface area contributed by atoms with Gasteiger partial charge in [0.15, 0.2) is 0 Å². The van der Waals surface area contributed by atoms with Crippen molar-refractivity contribution in [3.63, 3.8) is 0 Å². The lowest BCUT2D eigenvalue weighted by Gasteiger charge is -2.31. The van der Waals surface area contributed by atoms with Gasteiger partial charge in [-0.15, -0.1) is 0 Å². The van der Waals surface area contributed by atoms with Gasteiger partial charge in [-0.1, -0.05) is 12.8 Å². The van der Waals surface area contributed by atoms with E-state index in [2.05, 4.69) is 15.6 Å². The van der Waals surface area contributed by atoms with Gasteiger partial charge in [0.25, 0.3) is 0 Å². The van der Waals surface area contributed by atoms with E-state index in [0.717, 1.165) is 12.8 Å². The standard InChI is InChI=1S/C9H13N3O2/c1-10-8-11-6(13)9(7(14)12-8)4-2-3-5-9/h2-5H2,1H3,(H2,10,11,12,13,14). The maximum Gasteiger partial charge on any atom is 0.242 e. The van der Waals surface area contributed by atoms with Gasteiger partial charge in [-0.3, -0.25) is 25.2 Å². The van der Waals surface area contributed by atoms with Crippen molar-refractivity contribution in [2.24, 2.45) is 10.4 Å². The monoisotopic (exact) mass is 195 g/mol. The second-order valence-corrected chi connectivity index (χ2v) is 3.77. The molecule has 5 nitrogen and oxygen atoms in total. The van der Waals surface area contributed by atoms with Crippen LogP contribution in [0.15, 0.2) is 4.99 Å². The molecule has 1 saturated heterocycles. The maximum absolute atomic E-state index is 11.7. The van der Waals surface area contributed by atoms with Crippen LogP contribution in [-0.2, 0) is 9.59 Å². The second-order valence-electron chi connectivity index (χ2n) is 3.77. The Bertz CT molecular complexity index is 294. The summed E-state index contributed by atoms with van der Waals surface area (Å²) >= 11 is 0. The van der Waals surface area contributed by atoms with Crippen molar-refractivity contribution in [3.8, 4) is 0 Å². The quantitative estimate of drug-likeness (QED) is 0.524. The first kappa shape index (κ1) is 9.18. The van der Waals surface area contributed by atoms with Gasteiger partial charge < -0.3 is 0 Å². The van der Waals surface area contributed by atoms with Crippen LogP contribution >= 0.6 is 0 Å². The summed E-state index contributed by atoms with van der Waals surface area (Å²) in [5.41, 5.74) is -0.811. The lowest BCUT2D eigenvalue weighted by molar-refractivity contribution is -0.143. The van der Waals surface area contributed by atoms with E-state index < -0.39 is 5.41 Å². The second kappa shape index (κ2) is 3.08.